The third-order valence-electron chi connectivity index (χ3n) is 1.76. The van der Waals surface area contributed by atoms with Crippen LogP contribution >= 0.6 is 0 Å². The van der Waals surface area contributed by atoms with Crippen LogP contribution in [0, 0.1) is 5.41 Å². The molecule has 10 heavy (non-hydrogen) atoms. The summed E-state index contributed by atoms with van der Waals surface area (Å²) in [5, 5.41) is 8.54. The van der Waals surface area contributed by atoms with Crippen molar-refractivity contribution in [3.05, 3.63) is 0 Å². The average Bonchev–Trinajstić information content (AvgIpc) is 2.15. The largest absolute Gasteiger partial charge is 0.480 e. The van der Waals surface area contributed by atoms with Crippen molar-refractivity contribution in [2.45, 2.75) is 13.3 Å². The van der Waals surface area contributed by atoms with Gasteiger partial charge in [0.25, 0.3) is 0 Å². The summed E-state index contributed by atoms with van der Waals surface area (Å²) in [6.45, 7) is 1.60. The third kappa shape index (κ3) is 0.761. The molecular formula is C6H8O4. The molecule has 56 valence electrons. The monoisotopic (exact) mass is 144 g/mol. The molecule has 0 radical (unpaired) electrons. The van der Waals surface area contributed by atoms with Crippen molar-refractivity contribution >= 4 is 11.9 Å². The van der Waals surface area contributed by atoms with Crippen molar-refractivity contribution in [3.8, 4) is 0 Å². The van der Waals surface area contributed by atoms with E-state index in [1.807, 2.05) is 0 Å². The van der Waals surface area contributed by atoms with E-state index in [0.717, 1.165) is 0 Å². The van der Waals surface area contributed by atoms with E-state index in [0.29, 0.717) is 0 Å². The van der Waals surface area contributed by atoms with Crippen molar-refractivity contribution in [2.24, 2.45) is 5.41 Å². The molecule has 1 rings (SSSR count). The Bertz CT molecular complexity index is 186. The smallest absolute Gasteiger partial charge is 0.323 e. The minimum absolute atomic E-state index is 0.224. The summed E-state index contributed by atoms with van der Waals surface area (Å²) in [6, 6.07) is 0. The minimum atomic E-state index is -1.29. The summed E-state index contributed by atoms with van der Waals surface area (Å²) >= 11 is 0. The minimum Gasteiger partial charge on any atom is -0.480 e. The number of cyclic esters (lactones) is 1. The highest BCUT2D eigenvalue weighted by Crippen LogP contribution is 2.29. The molecule has 0 aliphatic carbocycles. The van der Waals surface area contributed by atoms with Crippen molar-refractivity contribution in [3.63, 3.8) is 0 Å². The summed E-state index contributed by atoms with van der Waals surface area (Å²) in [6.07, 6.45) is 0.279. The Kier molecular flexibility index (Phi) is 1.39. The topological polar surface area (TPSA) is 63.6 Å². The molecule has 1 heterocycles. The van der Waals surface area contributed by atoms with Gasteiger partial charge in [-0.05, 0) is 6.92 Å². The van der Waals surface area contributed by atoms with E-state index in [1.54, 1.807) is 0 Å². The van der Waals surface area contributed by atoms with Gasteiger partial charge in [0.05, 0.1) is 6.61 Å². The van der Waals surface area contributed by atoms with Crippen LogP contribution in [0.4, 0.5) is 0 Å². The van der Waals surface area contributed by atoms with Gasteiger partial charge in [0.2, 0.25) is 0 Å². The van der Waals surface area contributed by atoms with E-state index in [9.17, 15) is 9.59 Å². The lowest BCUT2D eigenvalue weighted by Gasteiger charge is -2.10. The van der Waals surface area contributed by atoms with Crippen molar-refractivity contribution in [1.29, 1.82) is 0 Å². The molecule has 4 nitrogen and oxygen atoms in total. The van der Waals surface area contributed by atoms with E-state index in [4.69, 9.17) is 5.11 Å². The Morgan fingerprint density at radius 1 is 1.80 bits per heavy atom. The number of hydrogen-bond donors (Lipinski definition) is 1. The van der Waals surface area contributed by atoms with Gasteiger partial charge in [-0.3, -0.25) is 9.59 Å². The van der Waals surface area contributed by atoms with Crippen LogP contribution in [-0.4, -0.2) is 23.7 Å². The lowest BCUT2D eigenvalue weighted by molar-refractivity contribution is -0.159. The van der Waals surface area contributed by atoms with Crippen LogP contribution in [0.25, 0.3) is 0 Å². The standard InChI is InChI=1S/C6H8O4/c1-6(4(7)8)2-3-10-5(6)9/h2-3H2,1H3,(H,7,8)/t6-/m1/s1. The molecule has 0 spiro atoms. The molecule has 0 saturated carbocycles. The first-order valence-electron chi connectivity index (χ1n) is 2.98. The zero-order valence-corrected chi connectivity index (χ0v) is 5.59. The number of rotatable bonds is 1. The summed E-state index contributed by atoms with van der Waals surface area (Å²) in [7, 11) is 0. The summed E-state index contributed by atoms with van der Waals surface area (Å²) in [5.41, 5.74) is -1.29. The van der Waals surface area contributed by atoms with Gasteiger partial charge in [-0.15, -0.1) is 0 Å². The zero-order valence-electron chi connectivity index (χ0n) is 5.59. The molecule has 4 heteroatoms. The highest BCUT2D eigenvalue weighted by molar-refractivity contribution is 5.99. The van der Waals surface area contributed by atoms with E-state index in [2.05, 4.69) is 4.74 Å². The summed E-state index contributed by atoms with van der Waals surface area (Å²) in [5.74, 6) is -1.73. The number of hydrogen-bond acceptors (Lipinski definition) is 3. The molecule has 0 bridgehead atoms. The van der Waals surface area contributed by atoms with Gasteiger partial charge in [-0.25, -0.2) is 0 Å². The Labute approximate surface area is 57.8 Å². The van der Waals surface area contributed by atoms with Crippen LogP contribution in [0.5, 0.6) is 0 Å². The van der Waals surface area contributed by atoms with E-state index in [1.165, 1.54) is 6.92 Å². The maximum atomic E-state index is 10.7. The van der Waals surface area contributed by atoms with Crippen molar-refractivity contribution in [1.82, 2.24) is 0 Å². The highest BCUT2D eigenvalue weighted by atomic mass is 16.5. The van der Waals surface area contributed by atoms with Gasteiger partial charge < -0.3 is 9.84 Å². The number of carbonyl (C=O) groups is 2. The van der Waals surface area contributed by atoms with Crippen LogP contribution in [0.3, 0.4) is 0 Å². The predicted octanol–water partition coefficient (Wildman–Crippen LogP) is 0.0242. The second-order valence-corrected chi connectivity index (χ2v) is 2.52. The van der Waals surface area contributed by atoms with Crippen LogP contribution in [0.15, 0.2) is 0 Å². The van der Waals surface area contributed by atoms with Crippen LogP contribution in [0.1, 0.15) is 13.3 Å². The Morgan fingerprint density at radius 3 is 2.60 bits per heavy atom. The van der Waals surface area contributed by atoms with E-state index < -0.39 is 17.4 Å². The fourth-order valence-corrected chi connectivity index (χ4v) is 0.803. The maximum absolute atomic E-state index is 10.7. The van der Waals surface area contributed by atoms with Gasteiger partial charge in [-0.2, -0.15) is 0 Å². The highest BCUT2D eigenvalue weighted by Gasteiger charge is 2.47. The van der Waals surface area contributed by atoms with Crippen LogP contribution in [-0.2, 0) is 14.3 Å². The molecule has 1 N–H and O–H groups in total. The fourth-order valence-electron chi connectivity index (χ4n) is 0.803. The molecule has 0 aromatic rings. The second-order valence-electron chi connectivity index (χ2n) is 2.52. The van der Waals surface area contributed by atoms with Gasteiger partial charge in [0.1, 0.15) is 0 Å². The molecule has 1 aliphatic rings. The Morgan fingerprint density at radius 2 is 2.40 bits per heavy atom. The molecule has 0 unspecified atom stereocenters. The molecule has 1 aliphatic heterocycles. The van der Waals surface area contributed by atoms with Gasteiger partial charge in [0.15, 0.2) is 5.41 Å². The molecule has 1 fully saturated rings. The van der Waals surface area contributed by atoms with Crippen LogP contribution in [0.2, 0.25) is 0 Å². The summed E-state index contributed by atoms with van der Waals surface area (Å²) in [4.78, 5) is 21.2. The fraction of sp³-hybridized carbons (Fsp3) is 0.667. The Hall–Kier alpha value is -1.06. The third-order valence-corrected chi connectivity index (χ3v) is 1.76. The number of ether oxygens (including phenoxy) is 1. The molecule has 0 aromatic heterocycles. The van der Waals surface area contributed by atoms with E-state index in [-0.39, 0.29) is 13.0 Å². The summed E-state index contributed by atoms with van der Waals surface area (Å²) < 4.78 is 4.51. The number of esters is 1. The molecule has 1 saturated heterocycles. The van der Waals surface area contributed by atoms with Crippen LogP contribution < -0.4 is 0 Å². The van der Waals surface area contributed by atoms with Gasteiger partial charge in [0, 0.05) is 6.42 Å². The first-order valence-corrected chi connectivity index (χ1v) is 2.98. The predicted molar refractivity (Wildman–Crippen MR) is 31.3 cm³/mol. The maximum Gasteiger partial charge on any atom is 0.323 e. The first-order chi connectivity index (χ1) is 4.57. The lowest BCUT2D eigenvalue weighted by Crippen LogP contribution is -2.31. The number of carboxylic acids is 1. The zero-order chi connectivity index (χ0) is 7.78. The molecule has 1 atom stereocenters. The Balaban J connectivity index is 2.86. The quantitative estimate of drug-likeness (QED) is 0.416. The average molecular weight is 144 g/mol. The van der Waals surface area contributed by atoms with Crippen molar-refractivity contribution in [2.75, 3.05) is 6.61 Å². The molecule has 0 amide bonds. The lowest BCUT2D eigenvalue weighted by atomic mass is 9.90. The van der Waals surface area contributed by atoms with Gasteiger partial charge >= 0.3 is 11.9 Å². The first kappa shape index (κ1) is 7.05. The number of aliphatic carboxylic acids is 1. The van der Waals surface area contributed by atoms with Gasteiger partial charge in [-0.1, -0.05) is 0 Å². The normalized spacial score (nSPS) is 31.9. The molecule has 0 aromatic carbocycles. The number of carboxylic acid groups (broad SMARTS) is 1. The number of carbonyl (C=O) groups excluding carboxylic acids is 1. The molecular weight excluding hydrogens is 136 g/mol. The second kappa shape index (κ2) is 1.97. The SMILES string of the molecule is C[C@]1(C(=O)O)CCOC1=O. The van der Waals surface area contributed by atoms with E-state index >= 15 is 0 Å². The van der Waals surface area contributed by atoms with Crippen molar-refractivity contribution < 1.29 is 19.4 Å².